The molecule has 5 heteroatoms. The van der Waals surface area contributed by atoms with Crippen LogP contribution in [0.1, 0.15) is 12.8 Å². The molecule has 0 aromatic carbocycles. The van der Waals surface area contributed by atoms with Gasteiger partial charge in [-0.1, -0.05) is 0 Å². The van der Waals surface area contributed by atoms with Crippen LogP contribution in [0.25, 0.3) is 0 Å². The molecule has 0 spiro atoms. The fourth-order valence-electron chi connectivity index (χ4n) is 1.52. The van der Waals surface area contributed by atoms with Gasteiger partial charge in [0, 0.05) is 4.75 Å². The SMILES string of the molecule is CSC1(C2NC(=O)NC2=O)CC1. The highest BCUT2D eigenvalue weighted by Crippen LogP contribution is 2.50. The second-order valence-corrected chi connectivity index (χ2v) is 4.39. The van der Waals surface area contributed by atoms with Crippen molar-refractivity contribution in [2.45, 2.75) is 23.6 Å². The molecule has 2 aliphatic rings. The van der Waals surface area contributed by atoms with Crippen molar-refractivity contribution in [3.8, 4) is 0 Å². The Kier molecular flexibility index (Phi) is 1.57. The predicted molar refractivity (Wildman–Crippen MR) is 45.9 cm³/mol. The summed E-state index contributed by atoms with van der Waals surface area (Å²) in [6.45, 7) is 0. The molecule has 1 unspecified atom stereocenters. The quantitative estimate of drug-likeness (QED) is 0.601. The summed E-state index contributed by atoms with van der Waals surface area (Å²) >= 11 is 1.67. The Morgan fingerprint density at radius 2 is 2.17 bits per heavy atom. The van der Waals surface area contributed by atoms with Crippen LogP contribution < -0.4 is 10.6 Å². The van der Waals surface area contributed by atoms with E-state index in [0.717, 1.165) is 12.8 Å². The minimum atomic E-state index is -0.356. The summed E-state index contributed by atoms with van der Waals surface area (Å²) < 4.78 is -0.00373. The van der Waals surface area contributed by atoms with Crippen molar-refractivity contribution in [2.75, 3.05) is 6.26 Å². The molecular weight excluding hydrogens is 176 g/mol. The molecule has 0 radical (unpaired) electrons. The standard InChI is InChI=1S/C7H10N2O2S/c1-12-7(2-3-7)4-5(10)9-6(11)8-4/h4H,2-3H2,1H3,(H2,8,9,10,11). The Hall–Kier alpha value is -0.710. The van der Waals surface area contributed by atoms with Crippen LogP contribution in [0.4, 0.5) is 4.79 Å². The number of thioether (sulfide) groups is 1. The maximum absolute atomic E-state index is 11.2. The Balaban J connectivity index is 2.14. The van der Waals surface area contributed by atoms with Gasteiger partial charge in [-0.25, -0.2) is 4.79 Å². The highest BCUT2D eigenvalue weighted by molar-refractivity contribution is 8.00. The van der Waals surface area contributed by atoms with E-state index in [4.69, 9.17) is 0 Å². The first-order chi connectivity index (χ1) is 5.68. The van der Waals surface area contributed by atoms with Crippen LogP contribution in [0.5, 0.6) is 0 Å². The summed E-state index contributed by atoms with van der Waals surface area (Å²) in [7, 11) is 0. The third kappa shape index (κ3) is 0.998. The first-order valence-electron chi connectivity index (χ1n) is 3.84. The first kappa shape index (κ1) is 7.91. The Morgan fingerprint density at radius 3 is 2.50 bits per heavy atom. The number of hydrogen-bond donors (Lipinski definition) is 2. The van der Waals surface area contributed by atoms with Crippen LogP contribution >= 0.6 is 11.8 Å². The number of imide groups is 1. The van der Waals surface area contributed by atoms with Crippen molar-refractivity contribution in [2.24, 2.45) is 0 Å². The van der Waals surface area contributed by atoms with Gasteiger partial charge in [0.25, 0.3) is 5.91 Å². The molecule has 1 saturated heterocycles. The molecule has 2 fully saturated rings. The van der Waals surface area contributed by atoms with Crippen LogP contribution in [0.2, 0.25) is 0 Å². The van der Waals surface area contributed by atoms with Gasteiger partial charge in [0.15, 0.2) is 0 Å². The second-order valence-electron chi connectivity index (χ2n) is 3.16. The summed E-state index contributed by atoms with van der Waals surface area (Å²) in [5.74, 6) is -0.174. The van der Waals surface area contributed by atoms with Crippen molar-refractivity contribution < 1.29 is 9.59 Å². The molecule has 1 atom stereocenters. The van der Waals surface area contributed by atoms with Gasteiger partial charge in [-0.3, -0.25) is 10.1 Å². The minimum Gasteiger partial charge on any atom is -0.325 e. The van der Waals surface area contributed by atoms with Crippen LogP contribution in [-0.4, -0.2) is 29.0 Å². The van der Waals surface area contributed by atoms with Crippen molar-refractivity contribution in [1.29, 1.82) is 0 Å². The number of amides is 3. The molecule has 12 heavy (non-hydrogen) atoms. The smallest absolute Gasteiger partial charge is 0.322 e. The highest BCUT2D eigenvalue weighted by Gasteiger charge is 2.55. The third-order valence-electron chi connectivity index (χ3n) is 2.45. The lowest BCUT2D eigenvalue weighted by Crippen LogP contribution is -2.40. The van der Waals surface area contributed by atoms with Gasteiger partial charge < -0.3 is 5.32 Å². The fourth-order valence-corrected chi connectivity index (χ4v) is 2.43. The summed E-state index contributed by atoms with van der Waals surface area (Å²) in [4.78, 5) is 22.0. The van der Waals surface area contributed by atoms with E-state index in [0.29, 0.717) is 0 Å². The Bertz CT molecular complexity index is 250. The van der Waals surface area contributed by atoms with E-state index in [2.05, 4.69) is 10.6 Å². The molecule has 66 valence electrons. The van der Waals surface area contributed by atoms with Crippen molar-refractivity contribution in [3.05, 3.63) is 0 Å². The molecule has 1 aliphatic heterocycles. The lowest BCUT2D eigenvalue weighted by atomic mass is 10.2. The van der Waals surface area contributed by atoms with Crippen LogP contribution in [0, 0.1) is 0 Å². The average Bonchev–Trinajstić information content (AvgIpc) is 2.74. The van der Waals surface area contributed by atoms with Gasteiger partial charge in [0.05, 0.1) is 0 Å². The van der Waals surface area contributed by atoms with E-state index >= 15 is 0 Å². The van der Waals surface area contributed by atoms with Crippen LogP contribution in [-0.2, 0) is 4.79 Å². The average molecular weight is 186 g/mol. The molecular formula is C7H10N2O2S. The van der Waals surface area contributed by atoms with Crippen LogP contribution in [0.15, 0.2) is 0 Å². The zero-order valence-corrected chi connectivity index (χ0v) is 7.53. The lowest BCUT2D eigenvalue weighted by molar-refractivity contribution is -0.120. The normalized spacial score (nSPS) is 31.2. The number of carbonyl (C=O) groups excluding carboxylic acids is 2. The zero-order valence-electron chi connectivity index (χ0n) is 6.72. The third-order valence-corrected chi connectivity index (χ3v) is 3.91. The van der Waals surface area contributed by atoms with Crippen molar-refractivity contribution in [3.63, 3.8) is 0 Å². The Labute approximate surface area is 74.5 Å². The minimum absolute atomic E-state index is 0.00373. The first-order valence-corrected chi connectivity index (χ1v) is 5.07. The molecule has 3 amide bonds. The number of nitrogens with one attached hydrogen (secondary N) is 2. The number of carbonyl (C=O) groups is 2. The maximum Gasteiger partial charge on any atom is 0.322 e. The fraction of sp³-hybridized carbons (Fsp3) is 0.714. The molecule has 1 saturated carbocycles. The largest absolute Gasteiger partial charge is 0.325 e. The van der Waals surface area contributed by atoms with E-state index in [1.54, 1.807) is 11.8 Å². The molecule has 4 nitrogen and oxygen atoms in total. The second kappa shape index (κ2) is 2.39. The van der Waals surface area contributed by atoms with Gasteiger partial charge in [-0.05, 0) is 19.1 Å². The summed E-state index contributed by atoms with van der Waals surface area (Å²) in [5, 5.41) is 4.88. The van der Waals surface area contributed by atoms with Crippen LogP contribution in [0.3, 0.4) is 0 Å². The molecule has 0 bridgehead atoms. The van der Waals surface area contributed by atoms with Gasteiger partial charge in [0.1, 0.15) is 6.04 Å². The van der Waals surface area contributed by atoms with E-state index in [1.807, 2.05) is 6.26 Å². The monoisotopic (exact) mass is 186 g/mol. The number of hydrogen-bond acceptors (Lipinski definition) is 3. The Morgan fingerprint density at radius 1 is 1.50 bits per heavy atom. The highest BCUT2D eigenvalue weighted by atomic mass is 32.2. The molecule has 1 heterocycles. The van der Waals surface area contributed by atoms with Crippen molar-refractivity contribution in [1.82, 2.24) is 10.6 Å². The van der Waals surface area contributed by atoms with E-state index in [-0.39, 0.29) is 22.7 Å². The topological polar surface area (TPSA) is 58.2 Å². The molecule has 2 N–H and O–H groups in total. The van der Waals surface area contributed by atoms with Crippen molar-refractivity contribution >= 4 is 23.7 Å². The van der Waals surface area contributed by atoms with Gasteiger partial charge >= 0.3 is 6.03 Å². The van der Waals surface area contributed by atoms with Gasteiger partial charge in [-0.2, -0.15) is 11.8 Å². The van der Waals surface area contributed by atoms with Gasteiger partial charge in [-0.15, -0.1) is 0 Å². The van der Waals surface area contributed by atoms with E-state index in [9.17, 15) is 9.59 Å². The summed E-state index contributed by atoms with van der Waals surface area (Å²) in [5.41, 5.74) is 0. The number of rotatable bonds is 2. The van der Waals surface area contributed by atoms with E-state index in [1.165, 1.54) is 0 Å². The summed E-state index contributed by atoms with van der Waals surface area (Å²) in [6, 6.07) is -0.662. The molecule has 2 rings (SSSR count). The molecule has 0 aromatic rings. The van der Waals surface area contributed by atoms with E-state index < -0.39 is 0 Å². The summed E-state index contributed by atoms with van der Waals surface area (Å²) in [6.07, 6.45) is 4.02. The van der Waals surface area contributed by atoms with Gasteiger partial charge in [0.2, 0.25) is 0 Å². The predicted octanol–water partition coefficient (Wildman–Crippen LogP) is 0.0900. The lowest BCUT2D eigenvalue weighted by Gasteiger charge is -2.16. The zero-order chi connectivity index (χ0) is 8.77. The number of urea groups is 1. The maximum atomic E-state index is 11.2. The molecule has 1 aliphatic carbocycles. The molecule has 0 aromatic heterocycles.